The first-order valence-electron chi connectivity index (χ1n) is 10.2. The van der Waals surface area contributed by atoms with Crippen LogP contribution in [0.5, 0.6) is 0 Å². The second kappa shape index (κ2) is 7.13. The SMILES string of the molecule is C=CCN1C(=O)[C@]2(C(C#N)=C(N)C(C#N)(C#N)C3=CCN(CC)C[C@H]32)c2ccccc21. The topological polar surface area (TPSA) is 121 Å². The number of para-hydroxylation sites is 1. The lowest BCUT2D eigenvalue weighted by Crippen LogP contribution is -2.58. The van der Waals surface area contributed by atoms with Gasteiger partial charge in [-0.3, -0.25) is 9.69 Å². The van der Waals surface area contributed by atoms with Gasteiger partial charge in [0.15, 0.2) is 0 Å². The van der Waals surface area contributed by atoms with Crippen molar-refractivity contribution in [1.82, 2.24) is 4.90 Å². The highest BCUT2D eigenvalue weighted by Gasteiger charge is 2.66. The summed E-state index contributed by atoms with van der Waals surface area (Å²) < 4.78 is 0. The summed E-state index contributed by atoms with van der Waals surface area (Å²) in [5.74, 6) is -0.836. The third-order valence-corrected chi connectivity index (χ3v) is 6.82. The van der Waals surface area contributed by atoms with E-state index >= 15 is 0 Å². The molecule has 1 aromatic carbocycles. The van der Waals surface area contributed by atoms with E-state index in [1.165, 1.54) is 0 Å². The molecule has 0 radical (unpaired) electrons. The number of nitriles is 3. The van der Waals surface area contributed by atoms with Crippen molar-refractivity contribution >= 4 is 11.6 Å². The average Bonchev–Trinajstić information content (AvgIpc) is 3.04. The number of nitrogens with zero attached hydrogens (tertiary/aromatic N) is 5. The summed E-state index contributed by atoms with van der Waals surface area (Å²) in [4.78, 5) is 17.9. The number of benzene rings is 1. The van der Waals surface area contributed by atoms with E-state index in [-0.39, 0.29) is 23.7 Å². The van der Waals surface area contributed by atoms with Gasteiger partial charge in [0.2, 0.25) is 11.3 Å². The maximum atomic E-state index is 14.1. The number of amides is 1. The summed E-state index contributed by atoms with van der Waals surface area (Å²) in [6.45, 7) is 7.78. The van der Waals surface area contributed by atoms with E-state index in [0.717, 1.165) is 6.54 Å². The molecule has 1 amide bonds. The molecule has 4 rings (SSSR count). The fourth-order valence-corrected chi connectivity index (χ4v) is 5.36. The second-order valence-electron chi connectivity index (χ2n) is 7.97. The van der Waals surface area contributed by atoms with E-state index in [0.29, 0.717) is 29.9 Å². The molecule has 0 aromatic heterocycles. The molecular weight excluding hydrogens is 388 g/mol. The van der Waals surface area contributed by atoms with Crippen molar-refractivity contribution in [3.63, 3.8) is 0 Å². The van der Waals surface area contributed by atoms with E-state index in [4.69, 9.17) is 5.73 Å². The van der Waals surface area contributed by atoms with Crippen LogP contribution in [-0.4, -0.2) is 37.0 Å². The standard InChI is InChI=1S/C24H22N6O/c1-3-10-30-20-8-6-5-7-17(20)24(22(30)31)18(12-25)21(28)23(14-26,15-27)16-9-11-29(4-2)13-19(16)24/h3,5-9,19H,1,4,10-11,13,28H2,2H3/t19-,24+/m1/s1. The third kappa shape index (κ3) is 2.31. The van der Waals surface area contributed by atoms with Crippen molar-refractivity contribution in [2.45, 2.75) is 12.3 Å². The van der Waals surface area contributed by atoms with E-state index in [1.807, 2.05) is 37.3 Å². The molecule has 0 unspecified atom stereocenters. The van der Waals surface area contributed by atoms with E-state index in [9.17, 15) is 20.6 Å². The largest absolute Gasteiger partial charge is 0.399 e. The predicted octanol–water partition coefficient (Wildman–Crippen LogP) is 2.12. The number of likely N-dealkylation sites (N-methyl/N-ethyl adjacent to an activating group) is 1. The zero-order valence-corrected chi connectivity index (χ0v) is 17.3. The third-order valence-electron chi connectivity index (χ3n) is 6.82. The molecule has 0 fully saturated rings. The van der Waals surface area contributed by atoms with Gasteiger partial charge in [-0.2, -0.15) is 15.8 Å². The van der Waals surface area contributed by atoms with Gasteiger partial charge in [0, 0.05) is 31.2 Å². The number of nitrogens with two attached hydrogens (primary N) is 1. The molecule has 1 aromatic rings. The highest BCUT2D eigenvalue weighted by atomic mass is 16.2. The Bertz CT molecular complexity index is 1160. The molecule has 2 aliphatic heterocycles. The molecule has 1 spiro atoms. The lowest BCUT2D eigenvalue weighted by atomic mass is 9.52. The second-order valence-corrected chi connectivity index (χ2v) is 7.97. The summed E-state index contributed by atoms with van der Waals surface area (Å²) in [6, 6.07) is 13.6. The van der Waals surface area contributed by atoms with Crippen molar-refractivity contribution in [3.8, 4) is 18.2 Å². The number of carbonyl (C=O) groups excluding carboxylic acids is 1. The fourth-order valence-electron chi connectivity index (χ4n) is 5.36. The van der Waals surface area contributed by atoms with Crippen molar-refractivity contribution in [2.24, 2.45) is 17.1 Å². The van der Waals surface area contributed by atoms with Crippen molar-refractivity contribution in [2.75, 3.05) is 31.1 Å². The Morgan fingerprint density at radius 3 is 2.61 bits per heavy atom. The Hall–Kier alpha value is -3.86. The first-order chi connectivity index (χ1) is 15.0. The average molecular weight is 410 g/mol. The number of carbonyl (C=O) groups is 1. The van der Waals surface area contributed by atoms with Gasteiger partial charge in [-0.05, 0) is 23.7 Å². The van der Waals surface area contributed by atoms with Gasteiger partial charge in [-0.15, -0.1) is 6.58 Å². The smallest absolute Gasteiger partial charge is 0.243 e. The molecule has 0 saturated carbocycles. The van der Waals surface area contributed by atoms with Crippen LogP contribution < -0.4 is 10.6 Å². The monoisotopic (exact) mass is 410 g/mol. The quantitative estimate of drug-likeness (QED) is 0.762. The Balaban J connectivity index is 2.15. The first-order valence-corrected chi connectivity index (χ1v) is 10.2. The van der Waals surface area contributed by atoms with Crippen molar-refractivity contribution in [3.05, 3.63) is 65.4 Å². The van der Waals surface area contributed by atoms with Gasteiger partial charge >= 0.3 is 0 Å². The molecule has 2 atom stereocenters. The highest BCUT2D eigenvalue weighted by molar-refractivity contribution is 6.12. The van der Waals surface area contributed by atoms with Crippen molar-refractivity contribution in [1.29, 1.82) is 15.8 Å². The van der Waals surface area contributed by atoms with Crippen LogP contribution in [0.3, 0.4) is 0 Å². The van der Waals surface area contributed by atoms with Crippen LogP contribution in [-0.2, 0) is 10.2 Å². The van der Waals surface area contributed by atoms with Crippen molar-refractivity contribution < 1.29 is 4.79 Å². The summed E-state index contributed by atoms with van der Waals surface area (Å²) in [7, 11) is 0. The van der Waals surface area contributed by atoms with Gasteiger partial charge in [0.25, 0.3) is 0 Å². The summed E-state index contributed by atoms with van der Waals surface area (Å²) in [6.07, 6.45) is 3.49. The van der Waals surface area contributed by atoms with Gasteiger partial charge in [-0.25, -0.2) is 0 Å². The zero-order valence-electron chi connectivity index (χ0n) is 17.3. The molecule has 2 N–H and O–H groups in total. The first kappa shape index (κ1) is 20.4. The summed E-state index contributed by atoms with van der Waals surface area (Å²) in [5.41, 5.74) is 5.03. The van der Waals surface area contributed by atoms with E-state index < -0.39 is 16.7 Å². The lowest BCUT2D eigenvalue weighted by Gasteiger charge is -2.49. The molecule has 31 heavy (non-hydrogen) atoms. The van der Waals surface area contributed by atoms with Crippen LogP contribution >= 0.6 is 0 Å². The van der Waals surface area contributed by atoms with Gasteiger partial charge in [0.05, 0.1) is 29.5 Å². The number of rotatable bonds is 3. The number of fused-ring (bicyclic) bond motifs is 4. The Morgan fingerprint density at radius 2 is 2.00 bits per heavy atom. The van der Waals surface area contributed by atoms with Gasteiger partial charge in [-0.1, -0.05) is 37.3 Å². The molecule has 3 aliphatic rings. The maximum Gasteiger partial charge on any atom is 0.243 e. The number of anilines is 1. The highest BCUT2D eigenvalue weighted by Crippen LogP contribution is 2.60. The van der Waals surface area contributed by atoms with Crippen LogP contribution in [0.25, 0.3) is 0 Å². The minimum Gasteiger partial charge on any atom is -0.399 e. The molecule has 0 saturated heterocycles. The van der Waals surface area contributed by atoms with Crippen LogP contribution in [0.2, 0.25) is 0 Å². The molecular formula is C24H22N6O. The predicted molar refractivity (Wildman–Crippen MR) is 115 cm³/mol. The molecule has 154 valence electrons. The minimum atomic E-state index is -1.76. The number of hydrogen-bond acceptors (Lipinski definition) is 6. The molecule has 7 heteroatoms. The zero-order chi connectivity index (χ0) is 22.4. The molecule has 1 aliphatic carbocycles. The molecule has 7 nitrogen and oxygen atoms in total. The van der Waals surface area contributed by atoms with Gasteiger partial charge in [0.1, 0.15) is 5.41 Å². The Labute approximate surface area is 181 Å². The Morgan fingerprint density at radius 1 is 1.29 bits per heavy atom. The van der Waals surface area contributed by atoms with Crippen LogP contribution in [0.15, 0.2) is 59.8 Å². The van der Waals surface area contributed by atoms with Crippen LogP contribution in [0, 0.1) is 45.3 Å². The minimum absolute atomic E-state index is 0.000264. The van der Waals surface area contributed by atoms with Crippen LogP contribution in [0.4, 0.5) is 5.69 Å². The van der Waals surface area contributed by atoms with Crippen LogP contribution in [0.1, 0.15) is 12.5 Å². The number of allylic oxidation sites excluding steroid dienone is 1. The molecule has 0 bridgehead atoms. The lowest BCUT2D eigenvalue weighted by molar-refractivity contribution is -0.123. The Kier molecular flexibility index (Phi) is 4.69. The van der Waals surface area contributed by atoms with E-state index in [1.54, 1.807) is 11.0 Å². The number of hydrogen-bond donors (Lipinski definition) is 1. The maximum absolute atomic E-state index is 14.1. The normalized spacial score (nSPS) is 26.4. The van der Waals surface area contributed by atoms with E-state index in [2.05, 4.69) is 29.7 Å². The van der Waals surface area contributed by atoms with Gasteiger partial charge < -0.3 is 10.6 Å². The summed E-state index contributed by atoms with van der Waals surface area (Å²) >= 11 is 0. The summed E-state index contributed by atoms with van der Waals surface area (Å²) in [5, 5.41) is 30.4. The molecule has 2 heterocycles. The fraction of sp³-hybridized carbons (Fsp3) is 0.333.